The van der Waals surface area contributed by atoms with Crippen molar-refractivity contribution >= 4 is 45.1 Å². The summed E-state index contributed by atoms with van der Waals surface area (Å²) in [4.78, 5) is 23.7. The molecule has 2 aromatic carbocycles. The number of aryl methyl sites for hydroxylation is 1. The smallest absolute Gasteiger partial charge is 0.339 e. The van der Waals surface area contributed by atoms with E-state index in [0.717, 1.165) is 11.6 Å². The average Bonchev–Trinajstić information content (AvgIpc) is 2.50. The quantitative estimate of drug-likeness (QED) is 0.777. The summed E-state index contributed by atoms with van der Waals surface area (Å²) in [5.74, 6) is -1.86. The van der Waals surface area contributed by atoms with E-state index in [1.54, 1.807) is 25.1 Å². The molecule has 1 N–H and O–H groups in total. The van der Waals surface area contributed by atoms with Gasteiger partial charge in [0, 0.05) is 15.2 Å². The highest BCUT2D eigenvalue weighted by Crippen LogP contribution is 2.20. The highest BCUT2D eigenvalue weighted by molar-refractivity contribution is 9.10. The third kappa shape index (κ3) is 4.77. The fourth-order valence-electron chi connectivity index (χ4n) is 1.82. The Kier molecular flexibility index (Phi) is 5.74. The zero-order valence-corrected chi connectivity index (χ0v) is 14.4. The molecule has 0 fully saturated rings. The predicted octanol–water partition coefficient (Wildman–Crippen LogP) is 4.35. The van der Waals surface area contributed by atoms with E-state index in [1.807, 2.05) is 0 Å². The van der Waals surface area contributed by atoms with Crippen molar-refractivity contribution in [3.8, 4) is 0 Å². The zero-order valence-electron chi connectivity index (χ0n) is 12.0. The lowest BCUT2D eigenvalue weighted by molar-refractivity contribution is -0.119. The second kappa shape index (κ2) is 7.57. The highest BCUT2D eigenvalue weighted by atomic mass is 79.9. The van der Waals surface area contributed by atoms with Crippen LogP contribution in [0.1, 0.15) is 15.9 Å². The number of benzene rings is 2. The summed E-state index contributed by atoms with van der Waals surface area (Å²) in [6.07, 6.45) is 0. The number of hydrogen-bond acceptors (Lipinski definition) is 3. The lowest BCUT2D eigenvalue weighted by Crippen LogP contribution is -2.21. The van der Waals surface area contributed by atoms with E-state index in [2.05, 4.69) is 21.2 Å². The minimum atomic E-state index is -0.792. The van der Waals surface area contributed by atoms with E-state index in [4.69, 9.17) is 16.3 Å². The summed E-state index contributed by atoms with van der Waals surface area (Å²) in [5, 5.41) is 3.17. The molecule has 0 atom stereocenters. The van der Waals surface area contributed by atoms with Gasteiger partial charge in [0.1, 0.15) is 5.82 Å². The van der Waals surface area contributed by atoms with Crippen LogP contribution in [0.4, 0.5) is 10.1 Å². The Bertz CT molecular complexity index is 767. The summed E-state index contributed by atoms with van der Waals surface area (Å²) in [5.41, 5.74) is 1.37. The number of carbonyl (C=O) groups excluding carboxylic acids is 2. The summed E-state index contributed by atoms with van der Waals surface area (Å²) in [6.45, 7) is 1.31. The van der Waals surface area contributed by atoms with Gasteiger partial charge in [-0.2, -0.15) is 0 Å². The maximum Gasteiger partial charge on any atom is 0.339 e. The first-order chi connectivity index (χ1) is 10.9. The maximum absolute atomic E-state index is 13.2. The third-order valence-electron chi connectivity index (χ3n) is 2.95. The molecule has 0 spiro atoms. The van der Waals surface area contributed by atoms with Gasteiger partial charge in [0.05, 0.1) is 5.56 Å². The van der Waals surface area contributed by atoms with Crippen molar-refractivity contribution < 1.29 is 18.7 Å². The molecule has 4 nitrogen and oxygen atoms in total. The van der Waals surface area contributed by atoms with Gasteiger partial charge in [-0.15, -0.1) is 0 Å². The van der Waals surface area contributed by atoms with Crippen LogP contribution in [0.5, 0.6) is 0 Å². The van der Waals surface area contributed by atoms with E-state index in [9.17, 15) is 14.0 Å². The largest absolute Gasteiger partial charge is 0.452 e. The standard InChI is InChI=1S/C16H12BrClFNO3/c1-9-6-10(18)2-5-14(9)20-15(21)8-23-16(22)12-7-11(19)3-4-13(12)17/h2-7H,8H2,1H3,(H,20,21). The van der Waals surface area contributed by atoms with Crippen molar-refractivity contribution in [1.29, 1.82) is 0 Å². The first-order valence-electron chi connectivity index (χ1n) is 6.55. The first kappa shape index (κ1) is 17.4. The number of amides is 1. The van der Waals surface area contributed by atoms with Gasteiger partial charge in [-0.25, -0.2) is 9.18 Å². The topological polar surface area (TPSA) is 55.4 Å². The normalized spacial score (nSPS) is 10.3. The van der Waals surface area contributed by atoms with E-state index >= 15 is 0 Å². The molecule has 120 valence electrons. The molecule has 1 amide bonds. The average molecular weight is 401 g/mol. The van der Waals surface area contributed by atoms with Gasteiger partial charge in [-0.05, 0) is 64.8 Å². The molecule has 2 aromatic rings. The Morgan fingerprint density at radius 2 is 2.00 bits per heavy atom. The number of carbonyl (C=O) groups is 2. The Morgan fingerprint density at radius 1 is 1.26 bits per heavy atom. The fraction of sp³-hybridized carbons (Fsp3) is 0.125. The highest BCUT2D eigenvalue weighted by Gasteiger charge is 2.15. The van der Waals surface area contributed by atoms with Crippen LogP contribution in [0.15, 0.2) is 40.9 Å². The molecule has 2 rings (SSSR count). The number of ether oxygens (including phenoxy) is 1. The van der Waals surface area contributed by atoms with Crippen LogP contribution in [0, 0.1) is 12.7 Å². The molecule has 0 aromatic heterocycles. The van der Waals surface area contributed by atoms with Crippen molar-refractivity contribution in [2.24, 2.45) is 0 Å². The number of nitrogens with one attached hydrogen (secondary N) is 1. The van der Waals surface area contributed by atoms with E-state index in [0.29, 0.717) is 15.2 Å². The summed E-state index contributed by atoms with van der Waals surface area (Å²) in [7, 11) is 0. The van der Waals surface area contributed by atoms with Crippen LogP contribution in [-0.4, -0.2) is 18.5 Å². The van der Waals surface area contributed by atoms with Crippen molar-refractivity contribution in [3.63, 3.8) is 0 Å². The molecule has 7 heteroatoms. The Morgan fingerprint density at radius 3 is 2.70 bits per heavy atom. The van der Waals surface area contributed by atoms with E-state index < -0.39 is 24.3 Å². The molecule has 23 heavy (non-hydrogen) atoms. The van der Waals surface area contributed by atoms with Crippen molar-refractivity contribution in [2.75, 3.05) is 11.9 Å². The van der Waals surface area contributed by atoms with Crippen LogP contribution in [0.2, 0.25) is 5.02 Å². The summed E-state index contributed by atoms with van der Waals surface area (Å²) >= 11 is 8.96. The number of hydrogen-bond donors (Lipinski definition) is 1. The van der Waals surface area contributed by atoms with Gasteiger partial charge in [-0.3, -0.25) is 4.79 Å². The van der Waals surface area contributed by atoms with E-state index in [-0.39, 0.29) is 5.56 Å². The van der Waals surface area contributed by atoms with Crippen LogP contribution in [-0.2, 0) is 9.53 Å². The zero-order chi connectivity index (χ0) is 17.0. The molecule has 0 aliphatic rings. The monoisotopic (exact) mass is 399 g/mol. The van der Waals surface area contributed by atoms with Gasteiger partial charge in [0.25, 0.3) is 5.91 Å². The third-order valence-corrected chi connectivity index (χ3v) is 3.87. The van der Waals surface area contributed by atoms with Gasteiger partial charge in [0.15, 0.2) is 6.61 Å². The lowest BCUT2D eigenvalue weighted by Gasteiger charge is -2.10. The Labute approximate surface area is 145 Å². The van der Waals surface area contributed by atoms with Crippen molar-refractivity contribution in [1.82, 2.24) is 0 Å². The summed E-state index contributed by atoms with van der Waals surface area (Å²) < 4.78 is 18.4. The minimum Gasteiger partial charge on any atom is -0.452 e. The molecule has 0 unspecified atom stereocenters. The summed E-state index contributed by atoms with van der Waals surface area (Å²) in [6, 6.07) is 8.63. The van der Waals surface area contributed by atoms with Crippen molar-refractivity contribution in [3.05, 3.63) is 62.8 Å². The number of halogens is 3. The molecule has 0 aliphatic carbocycles. The molecule has 0 radical (unpaired) electrons. The minimum absolute atomic E-state index is 0.0143. The van der Waals surface area contributed by atoms with Gasteiger partial charge in [0.2, 0.25) is 0 Å². The Hall–Kier alpha value is -1.92. The lowest BCUT2D eigenvalue weighted by atomic mass is 10.2. The maximum atomic E-state index is 13.2. The molecular weight excluding hydrogens is 389 g/mol. The van der Waals surface area contributed by atoms with Crippen molar-refractivity contribution in [2.45, 2.75) is 6.92 Å². The Balaban J connectivity index is 1.96. The molecule has 0 heterocycles. The SMILES string of the molecule is Cc1cc(Cl)ccc1NC(=O)COC(=O)c1cc(F)ccc1Br. The first-order valence-corrected chi connectivity index (χ1v) is 7.72. The van der Waals surface area contributed by atoms with Crippen LogP contribution < -0.4 is 5.32 Å². The number of anilines is 1. The van der Waals surface area contributed by atoms with Crippen LogP contribution >= 0.6 is 27.5 Å². The molecular formula is C16H12BrClFNO3. The number of rotatable bonds is 4. The fourth-order valence-corrected chi connectivity index (χ4v) is 2.45. The van der Waals surface area contributed by atoms with Gasteiger partial charge in [-0.1, -0.05) is 11.6 Å². The second-order valence-electron chi connectivity index (χ2n) is 4.71. The van der Waals surface area contributed by atoms with Crippen LogP contribution in [0.25, 0.3) is 0 Å². The second-order valence-corrected chi connectivity index (χ2v) is 6.00. The number of esters is 1. The van der Waals surface area contributed by atoms with E-state index in [1.165, 1.54) is 12.1 Å². The molecule has 0 aliphatic heterocycles. The molecule has 0 saturated heterocycles. The van der Waals surface area contributed by atoms with Gasteiger partial charge >= 0.3 is 5.97 Å². The van der Waals surface area contributed by atoms with Crippen LogP contribution in [0.3, 0.4) is 0 Å². The van der Waals surface area contributed by atoms with Gasteiger partial charge < -0.3 is 10.1 Å². The molecule has 0 bridgehead atoms. The molecule has 0 saturated carbocycles. The predicted molar refractivity (Wildman–Crippen MR) is 89.2 cm³/mol.